The molecule has 2 aliphatic heterocycles. The number of aliphatic hydroxyl groups excluding tert-OH is 9. The Hall–Kier alpha value is -4.66. The summed E-state index contributed by atoms with van der Waals surface area (Å²) in [5.41, 5.74) is 0. The number of esters is 6. The first-order valence-electron chi connectivity index (χ1n) is 59.4. The van der Waals surface area contributed by atoms with E-state index in [9.17, 15) is 59.4 Å². The van der Waals surface area contributed by atoms with Crippen LogP contribution in [0, 0.1) is 0 Å². The van der Waals surface area contributed by atoms with Crippen molar-refractivity contribution in [1.29, 1.82) is 0 Å². The summed E-state index contributed by atoms with van der Waals surface area (Å²) in [4.78, 5) is 68.6. The summed E-state index contributed by atoms with van der Waals surface area (Å²) in [5.74, 6) is -1.11. The number of aliphatic hydroxyl groups is 9. The summed E-state index contributed by atoms with van der Waals surface area (Å²) in [6.07, 6.45) is 101. The Morgan fingerprint density at radius 3 is 0.483 bits per heavy atom. The SMILES string of the molecule is CCC(O)COC(=O)CCCCCCC/C=C/CCCCCCO.CCC(O)COC(=O)CCCCCCC/C=C\CCCCCCO.CCC(O)COC(=O)CCCCCCCC1OC1CCCCCCO.CCCCCC/C=C/CCCCCCCC(=O)OCC(O)CC.CCCCCC/C=C\CCCCCCCC(=O)OCC(O)CC.CCCCCCC1OC1CCCCCCCC(=O)OCC(O)CC. The maximum Gasteiger partial charge on any atom is 0.305 e. The van der Waals surface area contributed by atoms with Crippen LogP contribution in [0.5, 0.6) is 0 Å². The van der Waals surface area contributed by atoms with Crippen molar-refractivity contribution in [1.82, 2.24) is 0 Å². The first-order valence-corrected chi connectivity index (χ1v) is 59.4. The lowest BCUT2D eigenvalue weighted by Gasteiger charge is -2.08. The average molecular weight is 2040 g/mol. The van der Waals surface area contributed by atoms with Crippen molar-refractivity contribution in [3.05, 3.63) is 48.6 Å². The van der Waals surface area contributed by atoms with E-state index in [-0.39, 0.29) is 75.5 Å². The minimum atomic E-state index is -0.530. The van der Waals surface area contributed by atoms with Crippen LogP contribution < -0.4 is 0 Å². The minimum absolute atomic E-state index is 0.124. The maximum absolute atomic E-state index is 11.5. The van der Waals surface area contributed by atoms with Crippen LogP contribution in [0.15, 0.2) is 48.6 Å². The summed E-state index contributed by atoms with van der Waals surface area (Å²) in [5, 5.41) is 82.0. The Kier molecular flexibility index (Phi) is 121. The lowest BCUT2D eigenvalue weighted by Crippen LogP contribution is -2.17. The molecule has 0 aromatic heterocycles. The number of carbonyl (C=O) groups excluding carboxylic acids is 6. The molecule has 0 bridgehead atoms. The van der Waals surface area contributed by atoms with E-state index in [4.69, 9.17) is 53.2 Å². The van der Waals surface area contributed by atoms with Crippen LogP contribution in [0.1, 0.15) is 563 Å². The fourth-order valence-corrected chi connectivity index (χ4v) is 15.5. The van der Waals surface area contributed by atoms with E-state index < -0.39 is 36.6 Å². The Labute approximate surface area is 875 Å². The Morgan fingerprint density at radius 2 is 0.329 bits per heavy atom. The lowest BCUT2D eigenvalue weighted by atomic mass is 10.0. The normalized spacial score (nSPS) is 15.4. The number of carbonyl (C=O) groups is 6. The van der Waals surface area contributed by atoms with Gasteiger partial charge in [-0.3, -0.25) is 28.8 Å². The van der Waals surface area contributed by atoms with Crippen LogP contribution in [0.25, 0.3) is 0 Å². The number of allylic oxidation sites excluding steroid dienone is 8. The van der Waals surface area contributed by atoms with E-state index in [2.05, 4.69) is 69.4 Å². The van der Waals surface area contributed by atoms with Gasteiger partial charge in [-0.05, 0) is 225 Å². The molecule has 0 aromatic rings. The number of unbranched alkanes of at least 4 members (excludes halogenated alkanes) is 50. The number of epoxide rings is 2. The fourth-order valence-electron chi connectivity index (χ4n) is 15.5. The summed E-state index contributed by atoms with van der Waals surface area (Å²) in [6, 6.07) is 0. The quantitative estimate of drug-likeness (QED) is 0.00898. The highest BCUT2D eigenvalue weighted by molar-refractivity contribution is 5.71. The average Bonchev–Trinajstić information content (AvgIpc) is 1.71. The second kappa shape index (κ2) is 119. The highest BCUT2D eigenvalue weighted by Gasteiger charge is 2.38. The van der Waals surface area contributed by atoms with Gasteiger partial charge in [0.25, 0.3) is 0 Å². The number of rotatable bonds is 99. The molecule has 0 spiro atoms. The van der Waals surface area contributed by atoms with Crippen LogP contribution in [0.2, 0.25) is 0 Å². The molecule has 23 heteroatoms. The molecule has 10 atom stereocenters. The molecule has 0 saturated carbocycles. The van der Waals surface area contributed by atoms with Crippen LogP contribution in [-0.2, 0) is 66.7 Å². The largest absolute Gasteiger partial charge is 0.463 e. The molecule has 0 aromatic carbocycles. The van der Waals surface area contributed by atoms with Crippen LogP contribution in [0.3, 0.4) is 0 Å². The van der Waals surface area contributed by atoms with E-state index in [1.807, 2.05) is 41.5 Å². The highest BCUT2D eigenvalue weighted by Crippen LogP contribution is 2.33. The van der Waals surface area contributed by atoms with Gasteiger partial charge in [0, 0.05) is 58.3 Å². The second-order valence-electron chi connectivity index (χ2n) is 39.9. The Morgan fingerprint density at radius 1 is 0.196 bits per heavy atom. The van der Waals surface area contributed by atoms with Crippen LogP contribution in [-0.4, -0.2) is 202 Å². The molecule has 2 fully saturated rings. The Bertz CT molecular complexity index is 2650. The topological polar surface area (TPSA) is 365 Å². The third-order valence-electron chi connectivity index (χ3n) is 26.0. The van der Waals surface area contributed by atoms with Crippen molar-refractivity contribution >= 4 is 35.8 Å². The van der Waals surface area contributed by atoms with Crippen molar-refractivity contribution in [2.75, 3.05) is 59.5 Å². The second-order valence-corrected chi connectivity index (χ2v) is 39.9. The molecule has 846 valence electrons. The molecule has 2 saturated heterocycles. The van der Waals surface area contributed by atoms with Crippen LogP contribution >= 0.6 is 0 Å². The van der Waals surface area contributed by atoms with E-state index >= 15 is 0 Å². The zero-order chi connectivity index (χ0) is 106. The molecule has 2 rings (SSSR count). The van der Waals surface area contributed by atoms with E-state index in [0.717, 1.165) is 154 Å². The van der Waals surface area contributed by atoms with Gasteiger partial charge >= 0.3 is 35.8 Å². The van der Waals surface area contributed by atoms with E-state index in [0.29, 0.717) is 121 Å². The van der Waals surface area contributed by atoms with Gasteiger partial charge in [-0.25, -0.2) is 0 Å². The summed E-state index contributed by atoms with van der Waals surface area (Å²) in [6.45, 7) is 19.7. The third kappa shape index (κ3) is 121. The monoisotopic (exact) mass is 2040 g/mol. The van der Waals surface area contributed by atoms with Gasteiger partial charge < -0.3 is 83.9 Å². The molecule has 143 heavy (non-hydrogen) atoms. The predicted molar refractivity (Wildman–Crippen MR) is 588 cm³/mol. The van der Waals surface area contributed by atoms with E-state index in [1.165, 1.54) is 270 Å². The van der Waals surface area contributed by atoms with Gasteiger partial charge in [0.05, 0.1) is 61.0 Å². The molecule has 23 nitrogen and oxygen atoms in total. The molecule has 2 aliphatic rings. The van der Waals surface area contributed by atoms with Crippen molar-refractivity contribution in [2.45, 2.75) is 624 Å². The number of ether oxygens (including phenoxy) is 8. The summed E-state index contributed by atoms with van der Waals surface area (Å²) in [7, 11) is 0. The smallest absolute Gasteiger partial charge is 0.305 e. The van der Waals surface area contributed by atoms with E-state index in [1.54, 1.807) is 0 Å². The predicted octanol–water partition coefficient (Wildman–Crippen LogP) is 28.7. The number of hydrogen-bond acceptors (Lipinski definition) is 23. The van der Waals surface area contributed by atoms with Gasteiger partial charge in [0.15, 0.2) is 0 Å². The standard InChI is InChI=1S/C20H38O5.3C20H38O4.2C20H38O3/c1-2-17(22)16-24-20(23)14-10-5-3-4-8-12-18-19(25-18)13-9-6-7-11-15-21;1-3-5-6-10-13-18-19(24-18)14-11-8-7-9-12-15-20(22)23-16-17(21)4-2;2*1-2-19(22)18-24-20(23)16-14-12-10-8-6-4-3-5-7-9-11-13-15-17-21;2*1-3-5-6-7-8-9-10-11-12-13-14-15-16-17-20(22)23-18-19(21)4-2/h17-19,21-22H,2-16H2,1H3;17-19,21H,3-16H2,1-2H3;2*3,5,19,21-22H,2,4,6-18H2,1H3;2*9-10,19,21H,3-8,11-18H2,1-2H3/b;;5-3+;5-3-;10-9+;10-9-. The van der Waals surface area contributed by atoms with Gasteiger partial charge in [-0.15, -0.1) is 0 Å². The zero-order valence-corrected chi connectivity index (χ0v) is 93.7. The fraction of sp³-hybridized carbons (Fsp3) is 0.883. The molecule has 9 N–H and O–H groups in total. The lowest BCUT2D eigenvalue weighted by molar-refractivity contribution is -0.147. The van der Waals surface area contributed by atoms with Gasteiger partial charge in [0.2, 0.25) is 0 Å². The Balaban J connectivity index is -0.000000811. The highest BCUT2D eigenvalue weighted by atomic mass is 16.6. The molecular weight excluding hydrogens is 1810 g/mol. The van der Waals surface area contributed by atoms with Crippen LogP contribution in [0.4, 0.5) is 0 Å². The van der Waals surface area contributed by atoms with Crippen molar-refractivity contribution in [3.63, 3.8) is 0 Å². The molecule has 2 heterocycles. The third-order valence-corrected chi connectivity index (χ3v) is 26.0. The van der Waals surface area contributed by atoms with Gasteiger partial charge in [-0.1, -0.05) is 348 Å². The molecule has 10 unspecified atom stereocenters. The first-order chi connectivity index (χ1) is 69.6. The molecule has 0 radical (unpaired) electrons. The first kappa shape index (κ1) is 145. The van der Waals surface area contributed by atoms with Gasteiger partial charge in [-0.2, -0.15) is 0 Å². The summed E-state index contributed by atoms with van der Waals surface area (Å²) >= 11 is 0. The maximum atomic E-state index is 11.5. The minimum Gasteiger partial charge on any atom is -0.463 e. The molecule has 0 aliphatic carbocycles. The molecule has 0 amide bonds. The summed E-state index contributed by atoms with van der Waals surface area (Å²) < 4.78 is 41.5. The van der Waals surface area contributed by atoms with Crippen molar-refractivity contribution in [3.8, 4) is 0 Å². The number of hydrogen-bond donors (Lipinski definition) is 9. The van der Waals surface area contributed by atoms with Crippen molar-refractivity contribution in [2.24, 2.45) is 0 Å². The molecular formula is C120H228O23. The van der Waals surface area contributed by atoms with Crippen molar-refractivity contribution < 1.29 is 113 Å². The zero-order valence-electron chi connectivity index (χ0n) is 93.7. The van der Waals surface area contributed by atoms with Gasteiger partial charge in [0.1, 0.15) is 39.6 Å².